The molecular formula is C24H36N2O3S2. The Hall–Kier alpha value is -1.70. The fourth-order valence-corrected chi connectivity index (χ4v) is 3.58. The van der Waals surface area contributed by atoms with Gasteiger partial charge in [-0.1, -0.05) is 68.5 Å². The number of rotatable bonds is 14. The van der Waals surface area contributed by atoms with E-state index < -0.39 is 17.9 Å². The Morgan fingerprint density at radius 2 is 1.81 bits per heavy atom. The molecule has 7 heteroatoms. The van der Waals surface area contributed by atoms with Crippen molar-refractivity contribution in [2.24, 2.45) is 23.5 Å². The normalized spacial score (nSPS) is 15.8. The van der Waals surface area contributed by atoms with Crippen LogP contribution in [-0.4, -0.2) is 46.8 Å². The SMILES string of the molecule is CSCC[C@H](NC(=O)[C@H](/C=C/[C@@H](/C=C/[C@@H](N)CS)C(C)C)Cc1ccccc1)C(=O)O. The number of carbonyl (C=O) groups is 2. The number of hydrogen-bond acceptors (Lipinski definition) is 5. The smallest absolute Gasteiger partial charge is 0.326 e. The number of thiol groups is 1. The Kier molecular flexibility index (Phi) is 13.4. The van der Waals surface area contributed by atoms with Crippen LogP contribution >= 0.6 is 24.4 Å². The van der Waals surface area contributed by atoms with E-state index in [2.05, 4.69) is 37.9 Å². The number of carbonyl (C=O) groups excluding carboxylic acids is 1. The Balaban J connectivity index is 3.06. The number of thioether (sulfide) groups is 1. The van der Waals surface area contributed by atoms with Crippen molar-refractivity contribution in [2.45, 2.75) is 38.8 Å². The number of allylic oxidation sites excluding steroid dienone is 2. The Labute approximate surface area is 196 Å². The lowest BCUT2D eigenvalue weighted by Crippen LogP contribution is -2.44. The summed E-state index contributed by atoms with van der Waals surface area (Å²) in [6, 6.07) is 8.75. The Morgan fingerprint density at radius 3 is 2.35 bits per heavy atom. The van der Waals surface area contributed by atoms with Gasteiger partial charge in [-0.2, -0.15) is 24.4 Å². The summed E-state index contributed by atoms with van der Waals surface area (Å²) in [6.07, 6.45) is 10.7. The van der Waals surface area contributed by atoms with Gasteiger partial charge in [0.15, 0.2) is 0 Å². The zero-order chi connectivity index (χ0) is 23.2. The number of carboxylic acid groups (broad SMARTS) is 1. The van der Waals surface area contributed by atoms with Gasteiger partial charge in [-0.15, -0.1) is 0 Å². The van der Waals surface area contributed by atoms with Crippen molar-refractivity contribution in [3.05, 3.63) is 60.2 Å². The highest BCUT2D eigenvalue weighted by Gasteiger charge is 2.24. The summed E-state index contributed by atoms with van der Waals surface area (Å²) in [4.78, 5) is 24.6. The molecule has 31 heavy (non-hydrogen) atoms. The van der Waals surface area contributed by atoms with Gasteiger partial charge >= 0.3 is 5.97 Å². The second-order valence-corrected chi connectivity index (χ2v) is 9.27. The van der Waals surface area contributed by atoms with E-state index in [9.17, 15) is 14.7 Å². The van der Waals surface area contributed by atoms with Crippen molar-refractivity contribution in [3.8, 4) is 0 Å². The van der Waals surface area contributed by atoms with Crippen LogP contribution in [0.15, 0.2) is 54.6 Å². The van der Waals surface area contributed by atoms with Crippen LogP contribution in [0.3, 0.4) is 0 Å². The molecule has 0 saturated heterocycles. The third-order valence-electron chi connectivity index (χ3n) is 4.99. The summed E-state index contributed by atoms with van der Waals surface area (Å²) >= 11 is 5.77. The molecule has 0 saturated carbocycles. The molecule has 1 rings (SSSR count). The highest BCUT2D eigenvalue weighted by atomic mass is 32.2. The lowest BCUT2D eigenvalue weighted by atomic mass is 9.91. The highest BCUT2D eigenvalue weighted by Crippen LogP contribution is 2.18. The van der Waals surface area contributed by atoms with Gasteiger partial charge in [-0.3, -0.25) is 4.79 Å². The summed E-state index contributed by atoms with van der Waals surface area (Å²) in [5, 5.41) is 12.2. The van der Waals surface area contributed by atoms with E-state index in [4.69, 9.17) is 5.73 Å². The standard InChI is InChI=1S/C24H36N2O3S2/c1-17(2)19(11-12-21(25)16-30)9-10-20(15-18-7-5-4-6-8-18)23(27)26-22(24(28)29)13-14-31-3/h4-12,17,19-22,30H,13-16,25H2,1-3H3,(H,26,27)(H,28,29)/b10-9+,12-11+/t19-,20+,21+,22-/m0/s1. The van der Waals surface area contributed by atoms with Crippen LogP contribution in [0.1, 0.15) is 25.8 Å². The molecule has 0 aromatic heterocycles. The Bertz CT molecular complexity index is 723. The topological polar surface area (TPSA) is 92.4 Å². The van der Waals surface area contributed by atoms with Crippen LogP contribution < -0.4 is 11.1 Å². The summed E-state index contributed by atoms with van der Waals surface area (Å²) in [7, 11) is 0. The molecule has 1 aromatic rings. The molecule has 0 fully saturated rings. The van der Waals surface area contributed by atoms with Gasteiger partial charge in [-0.05, 0) is 42.2 Å². The van der Waals surface area contributed by atoms with Crippen molar-refractivity contribution in [1.29, 1.82) is 0 Å². The van der Waals surface area contributed by atoms with Gasteiger partial charge in [0.05, 0.1) is 5.92 Å². The number of amides is 1. The van der Waals surface area contributed by atoms with Crippen LogP contribution in [0.25, 0.3) is 0 Å². The third-order valence-corrected chi connectivity index (χ3v) is 6.05. The molecule has 0 spiro atoms. The number of benzene rings is 1. The number of carboxylic acids is 1. The number of hydrogen-bond donors (Lipinski definition) is 4. The van der Waals surface area contributed by atoms with Gasteiger partial charge in [0.2, 0.25) is 5.91 Å². The van der Waals surface area contributed by atoms with Crippen molar-refractivity contribution in [3.63, 3.8) is 0 Å². The lowest BCUT2D eigenvalue weighted by molar-refractivity contribution is -0.142. The molecule has 4 N–H and O–H groups in total. The van der Waals surface area contributed by atoms with E-state index >= 15 is 0 Å². The van der Waals surface area contributed by atoms with E-state index in [1.807, 2.05) is 54.8 Å². The van der Waals surface area contributed by atoms with E-state index in [0.29, 0.717) is 30.3 Å². The molecule has 0 aliphatic carbocycles. The molecule has 0 bridgehead atoms. The third kappa shape index (κ3) is 10.9. The van der Waals surface area contributed by atoms with Gasteiger partial charge in [-0.25, -0.2) is 4.79 Å². The predicted octanol–water partition coefficient (Wildman–Crippen LogP) is 3.81. The largest absolute Gasteiger partial charge is 0.480 e. The van der Waals surface area contributed by atoms with Gasteiger partial charge in [0.25, 0.3) is 0 Å². The molecule has 0 radical (unpaired) electrons. The van der Waals surface area contributed by atoms with Crippen LogP contribution in [0.5, 0.6) is 0 Å². The molecule has 5 nitrogen and oxygen atoms in total. The van der Waals surface area contributed by atoms with Crippen LogP contribution in [-0.2, 0) is 16.0 Å². The fourth-order valence-electron chi connectivity index (χ4n) is 2.99. The van der Waals surface area contributed by atoms with Gasteiger partial charge in [0.1, 0.15) is 6.04 Å². The van der Waals surface area contributed by atoms with Crippen molar-refractivity contribution >= 4 is 36.3 Å². The summed E-state index contributed by atoms with van der Waals surface area (Å²) in [6.45, 7) is 4.22. The molecule has 0 aliphatic heterocycles. The minimum atomic E-state index is -1.01. The molecule has 1 amide bonds. The lowest BCUT2D eigenvalue weighted by Gasteiger charge is -2.20. The van der Waals surface area contributed by atoms with Crippen molar-refractivity contribution < 1.29 is 14.7 Å². The molecule has 4 atom stereocenters. The first kappa shape index (κ1) is 27.3. The maximum Gasteiger partial charge on any atom is 0.326 e. The first-order chi connectivity index (χ1) is 14.8. The minimum Gasteiger partial charge on any atom is -0.480 e. The Morgan fingerprint density at radius 1 is 1.16 bits per heavy atom. The molecular weight excluding hydrogens is 428 g/mol. The predicted molar refractivity (Wildman–Crippen MR) is 135 cm³/mol. The average Bonchev–Trinajstić information content (AvgIpc) is 2.75. The maximum atomic E-state index is 13.0. The summed E-state index contributed by atoms with van der Waals surface area (Å²) in [5.41, 5.74) is 6.97. The number of aliphatic carboxylic acids is 1. The highest BCUT2D eigenvalue weighted by molar-refractivity contribution is 7.98. The van der Waals surface area contributed by atoms with Crippen molar-refractivity contribution in [1.82, 2.24) is 5.32 Å². The fraction of sp³-hybridized carbons (Fsp3) is 0.500. The molecule has 0 unspecified atom stereocenters. The first-order valence-corrected chi connectivity index (χ1v) is 12.6. The van der Waals surface area contributed by atoms with Crippen LogP contribution in [0.4, 0.5) is 0 Å². The van der Waals surface area contributed by atoms with Crippen LogP contribution in [0.2, 0.25) is 0 Å². The molecule has 1 aromatic carbocycles. The second-order valence-electron chi connectivity index (χ2n) is 7.91. The van der Waals surface area contributed by atoms with E-state index in [1.54, 1.807) is 11.8 Å². The molecule has 0 heterocycles. The quantitative estimate of drug-likeness (QED) is 0.248. The number of nitrogens with one attached hydrogen (secondary N) is 1. The van der Waals surface area contributed by atoms with Gasteiger partial charge < -0.3 is 16.2 Å². The van der Waals surface area contributed by atoms with Crippen molar-refractivity contribution in [2.75, 3.05) is 17.8 Å². The van der Waals surface area contributed by atoms with Gasteiger partial charge in [0, 0.05) is 11.8 Å². The second kappa shape index (κ2) is 15.2. The zero-order valence-electron chi connectivity index (χ0n) is 18.6. The minimum absolute atomic E-state index is 0.115. The number of nitrogens with two attached hydrogens (primary N) is 1. The van der Waals surface area contributed by atoms with Crippen LogP contribution in [0, 0.1) is 17.8 Å². The first-order valence-electron chi connectivity index (χ1n) is 10.6. The van der Waals surface area contributed by atoms with E-state index in [-0.39, 0.29) is 17.9 Å². The summed E-state index contributed by atoms with van der Waals surface area (Å²) < 4.78 is 0. The maximum absolute atomic E-state index is 13.0. The van der Waals surface area contributed by atoms with E-state index in [1.165, 1.54) is 0 Å². The monoisotopic (exact) mass is 464 g/mol. The molecule has 0 aliphatic rings. The molecule has 172 valence electrons. The zero-order valence-corrected chi connectivity index (χ0v) is 20.3. The summed E-state index contributed by atoms with van der Waals surface area (Å²) in [5.74, 6) is -0.0664. The average molecular weight is 465 g/mol. The van der Waals surface area contributed by atoms with E-state index in [0.717, 1.165) is 5.56 Å².